The quantitative estimate of drug-likeness (QED) is 0.723. The highest BCUT2D eigenvalue weighted by Gasteiger charge is 2.13. The molecule has 0 radical (unpaired) electrons. The SMILES string of the molecule is COCCN(CCBr)C(=O)Cc1ccsc1. The number of hydrogen-bond acceptors (Lipinski definition) is 3. The molecular formula is C11H16BrNO2S. The van der Waals surface area contributed by atoms with Crippen molar-refractivity contribution >= 4 is 33.2 Å². The minimum Gasteiger partial charge on any atom is -0.383 e. The summed E-state index contributed by atoms with van der Waals surface area (Å²) in [6.07, 6.45) is 0.486. The van der Waals surface area contributed by atoms with E-state index >= 15 is 0 Å². The van der Waals surface area contributed by atoms with Gasteiger partial charge in [0, 0.05) is 25.5 Å². The van der Waals surface area contributed by atoms with Gasteiger partial charge in [0.2, 0.25) is 5.91 Å². The number of amides is 1. The van der Waals surface area contributed by atoms with Crippen LogP contribution in [0.5, 0.6) is 0 Å². The van der Waals surface area contributed by atoms with Gasteiger partial charge in [-0.25, -0.2) is 0 Å². The maximum absolute atomic E-state index is 12.0. The lowest BCUT2D eigenvalue weighted by atomic mass is 10.2. The predicted octanol–water partition coefficient (Wildman–Crippen LogP) is 2.16. The maximum atomic E-state index is 12.0. The average molecular weight is 306 g/mol. The molecular weight excluding hydrogens is 290 g/mol. The molecule has 1 rings (SSSR count). The summed E-state index contributed by atoms with van der Waals surface area (Å²) in [6, 6.07) is 1.99. The topological polar surface area (TPSA) is 29.5 Å². The van der Waals surface area contributed by atoms with Crippen molar-refractivity contribution in [3.05, 3.63) is 22.4 Å². The molecule has 16 heavy (non-hydrogen) atoms. The molecule has 0 unspecified atom stereocenters. The lowest BCUT2D eigenvalue weighted by Crippen LogP contribution is -2.36. The second-order valence-corrected chi connectivity index (χ2v) is 4.94. The first-order valence-corrected chi connectivity index (χ1v) is 7.18. The number of ether oxygens (including phenoxy) is 1. The highest BCUT2D eigenvalue weighted by molar-refractivity contribution is 9.09. The molecule has 0 atom stereocenters. The Morgan fingerprint density at radius 1 is 1.56 bits per heavy atom. The van der Waals surface area contributed by atoms with Crippen LogP contribution < -0.4 is 0 Å². The van der Waals surface area contributed by atoms with Crippen LogP contribution in [0.1, 0.15) is 5.56 Å². The molecule has 5 heteroatoms. The molecule has 1 amide bonds. The minimum atomic E-state index is 0.162. The fourth-order valence-corrected chi connectivity index (χ4v) is 2.44. The van der Waals surface area contributed by atoms with Crippen LogP contribution in [0.4, 0.5) is 0 Å². The molecule has 0 aliphatic carbocycles. The standard InChI is InChI=1S/C11H16BrNO2S/c1-15-6-5-13(4-3-12)11(14)8-10-2-7-16-9-10/h2,7,9H,3-6,8H2,1H3. The molecule has 0 fully saturated rings. The van der Waals surface area contributed by atoms with Crippen molar-refractivity contribution < 1.29 is 9.53 Å². The third-order valence-corrected chi connectivity index (χ3v) is 3.29. The predicted molar refractivity (Wildman–Crippen MR) is 70.3 cm³/mol. The van der Waals surface area contributed by atoms with Crippen LogP contribution in [0.25, 0.3) is 0 Å². The Bertz CT molecular complexity index is 303. The van der Waals surface area contributed by atoms with Gasteiger partial charge < -0.3 is 9.64 Å². The molecule has 0 N–H and O–H groups in total. The normalized spacial score (nSPS) is 10.4. The number of methoxy groups -OCH3 is 1. The van der Waals surface area contributed by atoms with E-state index in [1.165, 1.54) is 0 Å². The Hall–Kier alpha value is -0.390. The number of carbonyl (C=O) groups is 1. The summed E-state index contributed by atoms with van der Waals surface area (Å²) >= 11 is 4.98. The number of thiophene rings is 1. The molecule has 1 heterocycles. The van der Waals surface area contributed by atoms with E-state index in [4.69, 9.17) is 4.74 Å². The Balaban J connectivity index is 2.46. The lowest BCUT2D eigenvalue weighted by Gasteiger charge is -2.21. The summed E-state index contributed by atoms with van der Waals surface area (Å²) < 4.78 is 5.00. The third-order valence-electron chi connectivity index (χ3n) is 2.21. The van der Waals surface area contributed by atoms with Crippen molar-refractivity contribution in [2.75, 3.05) is 32.1 Å². The Labute approximate surface area is 109 Å². The van der Waals surface area contributed by atoms with Crippen LogP contribution in [0.3, 0.4) is 0 Å². The van der Waals surface area contributed by atoms with Crippen LogP contribution in [0.15, 0.2) is 16.8 Å². The maximum Gasteiger partial charge on any atom is 0.227 e. The summed E-state index contributed by atoms with van der Waals surface area (Å²) in [4.78, 5) is 13.8. The summed E-state index contributed by atoms with van der Waals surface area (Å²) in [5.41, 5.74) is 1.09. The molecule has 1 aromatic heterocycles. The Kier molecular flexibility index (Phi) is 6.68. The van der Waals surface area contributed by atoms with E-state index in [1.807, 2.05) is 21.7 Å². The number of carbonyl (C=O) groups excluding carboxylic acids is 1. The molecule has 1 aromatic rings. The fourth-order valence-electron chi connectivity index (χ4n) is 1.34. The van der Waals surface area contributed by atoms with Crippen LogP contribution in [0, 0.1) is 0 Å². The second kappa shape index (κ2) is 7.81. The van der Waals surface area contributed by atoms with Crippen LogP contribution in [-0.2, 0) is 16.0 Å². The van der Waals surface area contributed by atoms with Crippen molar-refractivity contribution in [2.24, 2.45) is 0 Å². The molecule has 0 aliphatic rings. The van der Waals surface area contributed by atoms with Gasteiger partial charge in [-0.15, -0.1) is 0 Å². The molecule has 90 valence electrons. The fraction of sp³-hybridized carbons (Fsp3) is 0.545. The smallest absolute Gasteiger partial charge is 0.227 e. The van der Waals surface area contributed by atoms with Crippen molar-refractivity contribution in [3.63, 3.8) is 0 Å². The van der Waals surface area contributed by atoms with Crippen molar-refractivity contribution in [1.29, 1.82) is 0 Å². The third kappa shape index (κ3) is 4.63. The van der Waals surface area contributed by atoms with Gasteiger partial charge in [-0.3, -0.25) is 4.79 Å². The van der Waals surface area contributed by atoms with E-state index < -0.39 is 0 Å². The number of nitrogens with zero attached hydrogens (tertiary/aromatic N) is 1. The van der Waals surface area contributed by atoms with Crippen molar-refractivity contribution in [2.45, 2.75) is 6.42 Å². The molecule has 0 spiro atoms. The van der Waals surface area contributed by atoms with Crippen molar-refractivity contribution in [1.82, 2.24) is 4.90 Å². The first kappa shape index (κ1) is 13.7. The number of alkyl halides is 1. The van der Waals surface area contributed by atoms with E-state index in [-0.39, 0.29) is 5.91 Å². The minimum absolute atomic E-state index is 0.162. The Morgan fingerprint density at radius 3 is 2.94 bits per heavy atom. The zero-order chi connectivity index (χ0) is 11.8. The molecule has 0 aromatic carbocycles. The van der Waals surface area contributed by atoms with Gasteiger partial charge in [0.15, 0.2) is 0 Å². The van der Waals surface area contributed by atoms with E-state index in [0.717, 1.165) is 17.4 Å². The summed E-state index contributed by atoms with van der Waals surface area (Å²) in [5.74, 6) is 0.162. The summed E-state index contributed by atoms with van der Waals surface area (Å²) in [6.45, 7) is 1.97. The first-order valence-electron chi connectivity index (χ1n) is 5.11. The van der Waals surface area contributed by atoms with Gasteiger partial charge in [-0.1, -0.05) is 15.9 Å². The zero-order valence-electron chi connectivity index (χ0n) is 9.32. The van der Waals surface area contributed by atoms with Crippen LogP contribution in [0.2, 0.25) is 0 Å². The van der Waals surface area contributed by atoms with Gasteiger partial charge in [-0.05, 0) is 22.4 Å². The molecule has 0 saturated carbocycles. The molecule has 0 aliphatic heterocycles. The highest BCUT2D eigenvalue weighted by Crippen LogP contribution is 2.08. The van der Waals surface area contributed by atoms with Gasteiger partial charge in [0.05, 0.1) is 13.0 Å². The van der Waals surface area contributed by atoms with Gasteiger partial charge in [0.1, 0.15) is 0 Å². The molecule has 3 nitrogen and oxygen atoms in total. The number of rotatable bonds is 7. The zero-order valence-corrected chi connectivity index (χ0v) is 11.7. The van der Waals surface area contributed by atoms with Gasteiger partial charge in [0.25, 0.3) is 0 Å². The van der Waals surface area contributed by atoms with Gasteiger partial charge >= 0.3 is 0 Å². The van der Waals surface area contributed by atoms with Crippen molar-refractivity contribution in [3.8, 4) is 0 Å². The largest absolute Gasteiger partial charge is 0.383 e. The monoisotopic (exact) mass is 305 g/mol. The number of halogens is 1. The van der Waals surface area contributed by atoms with Crippen LogP contribution >= 0.6 is 27.3 Å². The van der Waals surface area contributed by atoms with E-state index in [1.54, 1.807) is 18.4 Å². The van der Waals surface area contributed by atoms with E-state index in [9.17, 15) is 4.79 Å². The van der Waals surface area contributed by atoms with E-state index in [0.29, 0.717) is 19.6 Å². The van der Waals surface area contributed by atoms with Crippen LogP contribution in [-0.4, -0.2) is 42.9 Å². The summed E-state index contributed by atoms with van der Waals surface area (Å²) in [5, 5.41) is 4.80. The van der Waals surface area contributed by atoms with Gasteiger partial charge in [-0.2, -0.15) is 11.3 Å². The second-order valence-electron chi connectivity index (χ2n) is 3.37. The Morgan fingerprint density at radius 2 is 2.38 bits per heavy atom. The highest BCUT2D eigenvalue weighted by atomic mass is 79.9. The average Bonchev–Trinajstić information content (AvgIpc) is 2.76. The lowest BCUT2D eigenvalue weighted by molar-refractivity contribution is -0.130. The molecule has 0 saturated heterocycles. The number of hydrogen-bond donors (Lipinski definition) is 0. The first-order chi connectivity index (χ1) is 7.77. The molecule has 0 bridgehead atoms. The summed E-state index contributed by atoms with van der Waals surface area (Å²) in [7, 11) is 1.65. The van der Waals surface area contributed by atoms with E-state index in [2.05, 4.69) is 15.9 Å².